The summed E-state index contributed by atoms with van der Waals surface area (Å²) in [5.74, 6) is -0.318. The number of nitrogens with zero attached hydrogens (tertiary/aromatic N) is 1. The molecule has 0 aliphatic heterocycles. The van der Waals surface area contributed by atoms with E-state index in [0.717, 1.165) is 27.4 Å². The van der Waals surface area contributed by atoms with Gasteiger partial charge < -0.3 is 10.6 Å². The number of hydrogen-bond acceptors (Lipinski definition) is 4. The van der Waals surface area contributed by atoms with Gasteiger partial charge >= 0.3 is 0 Å². The predicted octanol–water partition coefficient (Wildman–Crippen LogP) is 4.58. The van der Waals surface area contributed by atoms with Gasteiger partial charge in [-0.05, 0) is 48.7 Å². The predicted molar refractivity (Wildman–Crippen MR) is 125 cm³/mol. The van der Waals surface area contributed by atoms with Crippen molar-refractivity contribution in [1.29, 1.82) is 0 Å². The van der Waals surface area contributed by atoms with Gasteiger partial charge in [-0.15, -0.1) is 11.8 Å². The Morgan fingerprint density at radius 3 is 2.00 bits per heavy atom. The van der Waals surface area contributed by atoms with Crippen LogP contribution in [0.2, 0.25) is 0 Å². The van der Waals surface area contributed by atoms with Crippen LogP contribution in [0, 0.1) is 0 Å². The molecule has 0 radical (unpaired) electrons. The SMILES string of the molecule is CSc1ccccc1NC(=O)CN(C)CC(=O)Nc1ccc(-c2ccccc2)cc1. The average molecular weight is 420 g/mol. The largest absolute Gasteiger partial charge is 0.325 e. The lowest BCUT2D eigenvalue weighted by molar-refractivity contribution is -0.119. The molecule has 0 unspecified atom stereocenters. The first kappa shape index (κ1) is 21.6. The van der Waals surface area contributed by atoms with E-state index in [4.69, 9.17) is 0 Å². The van der Waals surface area contributed by atoms with Crippen molar-refractivity contribution in [2.75, 3.05) is 37.0 Å². The number of carbonyl (C=O) groups excluding carboxylic acids is 2. The van der Waals surface area contributed by atoms with Crippen LogP contribution in [0.15, 0.2) is 83.8 Å². The number of likely N-dealkylation sites (N-methyl/N-ethyl adjacent to an activating group) is 1. The lowest BCUT2D eigenvalue weighted by Crippen LogP contribution is -2.36. The van der Waals surface area contributed by atoms with Crippen molar-refractivity contribution >= 4 is 35.0 Å². The summed E-state index contributed by atoms with van der Waals surface area (Å²) in [5, 5.41) is 5.78. The van der Waals surface area contributed by atoms with E-state index in [1.807, 2.05) is 85.1 Å². The van der Waals surface area contributed by atoms with Crippen molar-refractivity contribution in [3.8, 4) is 11.1 Å². The van der Waals surface area contributed by atoms with Crippen LogP contribution in [0.4, 0.5) is 11.4 Å². The van der Waals surface area contributed by atoms with Crippen LogP contribution in [-0.4, -0.2) is 43.1 Å². The molecule has 0 atom stereocenters. The highest BCUT2D eigenvalue weighted by Crippen LogP contribution is 2.24. The Morgan fingerprint density at radius 2 is 1.33 bits per heavy atom. The summed E-state index contributed by atoms with van der Waals surface area (Å²) in [6.45, 7) is 0.251. The van der Waals surface area contributed by atoms with Gasteiger partial charge in [0.25, 0.3) is 0 Å². The molecule has 0 spiro atoms. The lowest BCUT2D eigenvalue weighted by Gasteiger charge is -2.17. The van der Waals surface area contributed by atoms with E-state index >= 15 is 0 Å². The third-order valence-corrected chi connectivity index (χ3v) is 5.28. The number of benzene rings is 3. The molecule has 0 saturated heterocycles. The molecule has 0 heterocycles. The van der Waals surface area contributed by atoms with Crippen LogP contribution in [0.5, 0.6) is 0 Å². The second kappa shape index (κ2) is 10.6. The Bertz CT molecular complexity index is 991. The maximum Gasteiger partial charge on any atom is 0.238 e. The normalized spacial score (nSPS) is 10.6. The highest BCUT2D eigenvalue weighted by Gasteiger charge is 2.12. The third kappa shape index (κ3) is 6.20. The number of para-hydroxylation sites is 1. The monoisotopic (exact) mass is 419 g/mol. The molecule has 5 nitrogen and oxygen atoms in total. The number of hydrogen-bond donors (Lipinski definition) is 2. The van der Waals surface area contributed by atoms with E-state index < -0.39 is 0 Å². The molecule has 0 saturated carbocycles. The van der Waals surface area contributed by atoms with Gasteiger partial charge in [0.15, 0.2) is 0 Å². The van der Waals surface area contributed by atoms with Crippen molar-refractivity contribution in [1.82, 2.24) is 4.90 Å². The van der Waals surface area contributed by atoms with Crippen LogP contribution in [0.3, 0.4) is 0 Å². The van der Waals surface area contributed by atoms with Gasteiger partial charge in [-0.25, -0.2) is 0 Å². The molecule has 0 aromatic heterocycles. The van der Waals surface area contributed by atoms with Gasteiger partial charge in [0, 0.05) is 10.6 Å². The molecule has 0 bridgehead atoms. The molecular formula is C24H25N3O2S. The summed E-state index contributed by atoms with van der Waals surface area (Å²) >= 11 is 1.58. The molecule has 3 aromatic carbocycles. The number of amides is 2. The second-order valence-electron chi connectivity index (χ2n) is 6.91. The topological polar surface area (TPSA) is 61.4 Å². The van der Waals surface area contributed by atoms with Gasteiger partial charge in [0.05, 0.1) is 18.8 Å². The Hall–Kier alpha value is -3.09. The maximum absolute atomic E-state index is 12.3. The minimum absolute atomic E-state index is 0.123. The van der Waals surface area contributed by atoms with Crippen molar-refractivity contribution in [2.24, 2.45) is 0 Å². The van der Waals surface area contributed by atoms with E-state index in [2.05, 4.69) is 10.6 Å². The van der Waals surface area contributed by atoms with Gasteiger partial charge in [-0.2, -0.15) is 0 Å². The molecule has 2 N–H and O–H groups in total. The Labute approximate surface area is 181 Å². The van der Waals surface area contributed by atoms with Crippen molar-refractivity contribution in [3.05, 3.63) is 78.9 Å². The standard InChI is InChI=1S/C24H25N3O2S/c1-27(17-24(29)26-21-10-6-7-11-22(21)30-2)16-23(28)25-20-14-12-19(13-15-20)18-8-4-3-5-9-18/h3-15H,16-17H2,1-2H3,(H,25,28)(H,26,29). The minimum Gasteiger partial charge on any atom is -0.325 e. The average Bonchev–Trinajstić information content (AvgIpc) is 2.75. The smallest absolute Gasteiger partial charge is 0.238 e. The van der Waals surface area contributed by atoms with Crippen molar-refractivity contribution in [3.63, 3.8) is 0 Å². The zero-order valence-corrected chi connectivity index (χ0v) is 17.9. The number of carbonyl (C=O) groups is 2. The molecule has 0 fully saturated rings. The number of thioether (sulfide) groups is 1. The molecule has 0 aliphatic rings. The highest BCUT2D eigenvalue weighted by atomic mass is 32.2. The second-order valence-corrected chi connectivity index (χ2v) is 7.76. The Kier molecular flexibility index (Phi) is 7.65. The summed E-state index contributed by atoms with van der Waals surface area (Å²) in [7, 11) is 1.75. The first-order valence-corrected chi connectivity index (χ1v) is 10.8. The number of rotatable bonds is 8. The van der Waals surface area contributed by atoms with E-state index in [-0.39, 0.29) is 24.9 Å². The van der Waals surface area contributed by atoms with Crippen LogP contribution in [0.25, 0.3) is 11.1 Å². The van der Waals surface area contributed by atoms with E-state index in [1.165, 1.54) is 0 Å². The van der Waals surface area contributed by atoms with Crippen LogP contribution >= 0.6 is 11.8 Å². The van der Waals surface area contributed by atoms with Gasteiger partial charge in [0.1, 0.15) is 0 Å². The molecule has 154 valence electrons. The van der Waals surface area contributed by atoms with Crippen molar-refractivity contribution < 1.29 is 9.59 Å². The highest BCUT2D eigenvalue weighted by molar-refractivity contribution is 7.98. The summed E-state index contributed by atoms with van der Waals surface area (Å²) in [5.41, 5.74) is 3.73. The molecule has 0 aliphatic carbocycles. The first-order chi connectivity index (χ1) is 14.5. The van der Waals surface area contributed by atoms with Gasteiger partial charge in [-0.1, -0.05) is 54.6 Å². The fourth-order valence-corrected chi connectivity index (χ4v) is 3.61. The first-order valence-electron chi connectivity index (χ1n) is 9.62. The Morgan fingerprint density at radius 1 is 0.767 bits per heavy atom. The third-order valence-electron chi connectivity index (χ3n) is 4.48. The van der Waals surface area contributed by atoms with Crippen LogP contribution in [0.1, 0.15) is 0 Å². The number of nitrogens with one attached hydrogen (secondary N) is 2. The molecule has 30 heavy (non-hydrogen) atoms. The zero-order chi connectivity index (χ0) is 21.3. The Balaban J connectivity index is 1.49. The summed E-state index contributed by atoms with van der Waals surface area (Å²) in [6, 6.07) is 25.4. The van der Waals surface area contributed by atoms with E-state index in [0.29, 0.717) is 0 Å². The molecule has 2 amide bonds. The quantitative estimate of drug-likeness (QED) is 0.525. The molecule has 6 heteroatoms. The maximum atomic E-state index is 12.3. The summed E-state index contributed by atoms with van der Waals surface area (Å²) < 4.78 is 0. The van der Waals surface area contributed by atoms with Gasteiger partial charge in [0.2, 0.25) is 11.8 Å². The minimum atomic E-state index is -0.165. The fourth-order valence-electron chi connectivity index (χ4n) is 3.06. The fraction of sp³-hybridized carbons (Fsp3) is 0.167. The van der Waals surface area contributed by atoms with E-state index in [9.17, 15) is 9.59 Å². The molecular weight excluding hydrogens is 394 g/mol. The van der Waals surface area contributed by atoms with Crippen LogP contribution in [-0.2, 0) is 9.59 Å². The summed E-state index contributed by atoms with van der Waals surface area (Å²) in [4.78, 5) is 27.3. The molecule has 3 rings (SSSR count). The van der Waals surface area contributed by atoms with E-state index in [1.54, 1.807) is 23.7 Å². The van der Waals surface area contributed by atoms with Crippen LogP contribution < -0.4 is 10.6 Å². The lowest BCUT2D eigenvalue weighted by atomic mass is 10.1. The summed E-state index contributed by atoms with van der Waals surface area (Å²) in [6.07, 6.45) is 1.97. The van der Waals surface area contributed by atoms with Gasteiger partial charge in [-0.3, -0.25) is 14.5 Å². The number of anilines is 2. The van der Waals surface area contributed by atoms with Crippen molar-refractivity contribution in [2.45, 2.75) is 4.90 Å². The molecule has 3 aromatic rings. The zero-order valence-electron chi connectivity index (χ0n) is 17.1.